The number of hydrogen-bond donors (Lipinski definition) is 3. The van der Waals surface area contributed by atoms with Gasteiger partial charge in [0.25, 0.3) is 5.91 Å². The predicted octanol–water partition coefficient (Wildman–Crippen LogP) is 0.786. The van der Waals surface area contributed by atoms with Crippen molar-refractivity contribution < 1.29 is 19.5 Å². The minimum absolute atomic E-state index is 0.234. The van der Waals surface area contributed by atoms with Crippen LogP contribution in [0.2, 0.25) is 0 Å². The number of aliphatic carboxylic acids is 1. The van der Waals surface area contributed by atoms with E-state index in [1.807, 2.05) is 0 Å². The lowest BCUT2D eigenvalue weighted by Gasteiger charge is -2.14. The molecular formula is C15H18N2O4. The molecule has 6 heteroatoms. The number of nitrogens with one attached hydrogen (secondary N) is 2. The molecule has 1 atom stereocenters. The van der Waals surface area contributed by atoms with Gasteiger partial charge in [-0.15, -0.1) is 0 Å². The molecule has 0 spiro atoms. The molecule has 1 aromatic rings. The summed E-state index contributed by atoms with van der Waals surface area (Å²) in [6, 6.07) is 7.65. The average Bonchev–Trinajstić information content (AvgIpc) is 3.29. The standard InChI is InChI=1S/C15H18N2O4/c18-13(17-12(15(20)21)8-10-6-7-10)9-16-14(19)11-4-2-1-3-5-11/h1-5,10,12H,6-9H2,(H,16,19)(H,17,18)(H,20,21). The highest BCUT2D eigenvalue weighted by Crippen LogP contribution is 2.33. The lowest BCUT2D eigenvalue weighted by atomic mass is 10.1. The molecule has 1 unspecified atom stereocenters. The summed E-state index contributed by atoms with van der Waals surface area (Å²) in [5.74, 6) is -1.50. The van der Waals surface area contributed by atoms with E-state index in [0.29, 0.717) is 17.9 Å². The fourth-order valence-electron chi connectivity index (χ4n) is 2.01. The van der Waals surface area contributed by atoms with Crippen molar-refractivity contribution in [2.75, 3.05) is 6.54 Å². The summed E-state index contributed by atoms with van der Waals surface area (Å²) in [6.07, 6.45) is 2.49. The van der Waals surface area contributed by atoms with E-state index >= 15 is 0 Å². The third-order valence-corrected chi connectivity index (χ3v) is 3.34. The monoisotopic (exact) mass is 290 g/mol. The molecule has 0 heterocycles. The van der Waals surface area contributed by atoms with E-state index in [9.17, 15) is 14.4 Å². The summed E-state index contributed by atoms with van der Waals surface area (Å²) < 4.78 is 0. The predicted molar refractivity (Wildman–Crippen MR) is 75.7 cm³/mol. The van der Waals surface area contributed by atoms with Gasteiger partial charge in [0, 0.05) is 5.56 Å². The van der Waals surface area contributed by atoms with Gasteiger partial charge in [0.2, 0.25) is 5.91 Å². The van der Waals surface area contributed by atoms with Crippen LogP contribution in [-0.2, 0) is 9.59 Å². The van der Waals surface area contributed by atoms with Gasteiger partial charge in [0.15, 0.2) is 0 Å². The van der Waals surface area contributed by atoms with Gasteiger partial charge in [-0.05, 0) is 24.5 Å². The van der Waals surface area contributed by atoms with Crippen molar-refractivity contribution in [3.05, 3.63) is 35.9 Å². The van der Waals surface area contributed by atoms with Gasteiger partial charge >= 0.3 is 5.97 Å². The lowest BCUT2D eigenvalue weighted by Crippen LogP contribution is -2.45. The van der Waals surface area contributed by atoms with Gasteiger partial charge in [0.05, 0.1) is 6.54 Å². The molecule has 0 saturated heterocycles. The van der Waals surface area contributed by atoms with E-state index in [0.717, 1.165) is 12.8 Å². The first-order valence-corrected chi connectivity index (χ1v) is 6.91. The molecular weight excluding hydrogens is 272 g/mol. The van der Waals surface area contributed by atoms with Crippen LogP contribution in [0.5, 0.6) is 0 Å². The van der Waals surface area contributed by atoms with Gasteiger partial charge in [0.1, 0.15) is 6.04 Å². The van der Waals surface area contributed by atoms with Gasteiger partial charge in [-0.1, -0.05) is 31.0 Å². The van der Waals surface area contributed by atoms with Crippen LogP contribution in [0, 0.1) is 5.92 Å². The van der Waals surface area contributed by atoms with Crippen LogP contribution in [0.3, 0.4) is 0 Å². The molecule has 1 fully saturated rings. The molecule has 0 radical (unpaired) electrons. The van der Waals surface area contributed by atoms with Crippen LogP contribution in [0.1, 0.15) is 29.6 Å². The van der Waals surface area contributed by atoms with Gasteiger partial charge in [-0.2, -0.15) is 0 Å². The van der Waals surface area contributed by atoms with Crippen molar-refractivity contribution in [3.8, 4) is 0 Å². The first-order chi connectivity index (χ1) is 10.1. The number of hydrogen-bond acceptors (Lipinski definition) is 3. The Morgan fingerprint density at radius 2 is 1.86 bits per heavy atom. The molecule has 1 aliphatic carbocycles. The molecule has 112 valence electrons. The van der Waals surface area contributed by atoms with Crippen molar-refractivity contribution in [2.24, 2.45) is 5.92 Å². The number of benzene rings is 1. The molecule has 0 bridgehead atoms. The largest absolute Gasteiger partial charge is 0.480 e. The maximum Gasteiger partial charge on any atom is 0.326 e. The van der Waals surface area contributed by atoms with Crippen LogP contribution in [-0.4, -0.2) is 35.5 Å². The van der Waals surface area contributed by atoms with E-state index < -0.39 is 17.9 Å². The smallest absolute Gasteiger partial charge is 0.326 e. The Kier molecular flexibility index (Phi) is 4.92. The Bertz CT molecular complexity index is 526. The molecule has 0 aromatic heterocycles. The minimum atomic E-state index is -1.04. The van der Waals surface area contributed by atoms with E-state index in [-0.39, 0.29) is 12.5 Å². The number of carbonyl (C=O) groups excluding carboxylic acids is 2. The summed E-state index contributed by atoms with van der Waals surface area (Å²) >= 11 is 0. The summed E-state index contributed by atoms with van der Waals surface area (Å²) in [7, 11) is 0. The van der Waals surface area contributed by atoms with Gasteiger partial charge < -0.3 is 15.7 Å². The quantitative estimate of drug-likeness (QED) is 0.691. The zero-order valence-corrected chi connectivity index (χ0v) is 11.5. The van der Waals surface area contributed by atoms with E-state index in [1.165, 1.54) is 0 Å². The molecule has 3 N–H and O–H groups in total. The second-order valence-corrected chi connectivity index (χ2v) is 5.19. The fourth-order valence-corrected chi connectivity index (χ4v) is 2.01. The normalized spacial score (nSPS) is 15.0. The Morgan fingerprint density at radius 3 is 2.43 bits per heavy atom. The summed E-state index contributed by atoms with van der Waals surface area (Å²) in [5.41, 5.74) is 0.457. The topological polar surface area (TPSA) is 95.5 Å². The molecule has 6 nitrogen and oxygen atoms in total. The molecule has 0 aliphatic heterocycles. The summed E-state index contributed by atoms with van der Waals surface area (Å²) in [5, 5.41) is 14.0. The number of amides is 2. The molecule has 1 aliphatic rings. The third-order valence-electron chi connectivity index (χ3n) is 3.34. The second-order valence-electron chi connectivity index (χ2n) is 5.19. The fraction of sp³-hybridized carbons (Fsp3) is 0.400. The highest BCUT2D eigenvalue weighted by Gasteiger charge is 2.30. The van der Waals surface area contributed by atoms with Crippen LogP contribution in [0.4, 0.5) is 0 Å². The van der Waals surface area contributed by atoms with E-state index in [1.54, 1.807) is 30.3 Å². The zero-order valence-electron chi connectivity index (χ0n) is 11.5. The number of carboxylic acid groups (broad SMARTS) is 1. The Morgan fingerprint density at radius 1 is 1.19 bits per heavy atom. The molecule has 2 rings (SSSR count). The maximum atomic E-state index is 11.7. The van der Waals surface area contributed by atoms with E-state index in [4.69, 9.17) is 5.11 Å². The number of carboxylic acids is 1. The van der Waals surface area contributed by atoms with Gasteiger partial charge in [-0.25, -0.2) is 4.79 Å². The van der Waals surface area contributed by atoms with Crippen molar-refractivity contribution in [1.29, 1.82) is 0 Å². The van der Waals surface area contributed by atoms with Crippen molar-refractivity contribution in [3.63, 3.8) is 0 Å². The first kappa shape index (κ1) is 15.0. The average molecular weight is 290 g/mol. The van der Waals surface area contributed by atoms with Crippen LogP contribution >= 0.6 is 0 Å². The first-order valence-electron chi connectivity index (χ1n) is 6.91. The lowest BCUT2D eigenvalue weighted by molar-refractivity contribution is -0.142. The maximum absolute atomic E-state index is 11.7. The minimum Gasteiger partial charge on any atom is -0.480 e. The van der Waals surface area contributed by atoms with E-state index in [2.05, 4.69) is 10.6 Å². The van der Waals surface area contributed by atoms with Crippen molar-refractivity contribution in [1.82, 2.24) is 10.6 Å². The SMILES string of the molecule is O=C(CNC(=O)c1ccccc1)NC(CC1CC1)C(=O)O. The molecule has 1 aromatic carbocycles. The van der Waals surface area contributed by atoms with Crippen LogP contribution in [0.25, 0.3) is 0 Å². The Labute approximate surface area is 122 Å². The Hall–Kier alpha value is -2.37. The number of rotatable bonds is 7. The second kappa shape index (κ2) is 6.88. The Balaban J connectivity index is 1.78. The molecule has 21 heavy (non-hydrogen) atoms. The highest BCUT2D eigenvalue weighted by atomic mass is 16.4. The van der Waals surface area contributed by atoms with Crippen LogP contribution < -0.4 is 10.6 Å². The van der Waals surface area contributed by atoms with Gasteiger partial charge in [-0.3, -0.25) is 9.59 Å². The summed E-state index contributed by atoms with van der Waals surface area (Å²) in [6.45, 7) is -0.234. The highest BCUT2D eigenvalue weighted by molar-refractivity contribution is 5.96. The summed E-state index contributed by atoms with van der Waals surface area (Å²) in [4.78, 5) is 34.5. The van der Waals surface area contributed by atoms with Crippen molar-refractivity contribution >= 4 is 17.8 Å². The third kappa shape index (κ3) is 4.91. The molecule has 1 saturated carbocycles. The van der Waals surface area contributed by atoms with Crippen molar-refractivity contribution in [2.45, 2.75) is 25.3 Å². The zero-order chi connectivity index (χ0) is 15.2. The number of carbonyl (C=O) groups is 3. The van der Waals surface area contributed by atoms with Crippen LogP contribution in [0.15, 0.2) is 30.3 Å². The molecule has 2 amide bonds.